The van der Waals surface area contributed by atoms with E-state index in [0.717, 1.165) is 21.3 Å². The van der Waals surface area contributed by atoms with Gasteiger partial charge in [0.25, 0.3) is 5.91 Å². The number of hydrogen-bond donors (Lipinski definition) is 0. The molecule has 2 aromatic carbocycles. The Balaban J connectivity index is 1.74. The van der Waals surface area contributed by atoms with E-state index in [1.165, 1.54) is 11.8 Å². The predicted molar refractivity (Wildman–Crippen MR) is 99.2 cm³/mol. The lowest BCUT2D eigenvalue weighted by atomic mass is 10.2. The standard InChI is InChI=1S/C18H18F2N2O3S2/c1-26-16-5-3-2-4-14(16)18(23)21-8-10-22(11-9-21)27(24,25)17-7-6-13(19)12-15(17)20/h2-7,12H,8-11H2,1H3. The van der Waals surface area contributed by atoms with Crippen molar-refractivity contribution in [1.29, 1.82) is 0 Å². The van der Waals surface area contributed by atoms with Crippen LogP contribution in [-0.2, 0) is 10.0 Å². The Labute approximate surface area is 161 Å². The van der Waals surface area contributed by atoms with Gasteiger partial charge in [-0.15, -0.1) is 11.8 Å². The Morgan fingerprint density at radius 1 is 1.04 bits per heavy atom. The van der Waals surface area contributed by atoms with Crippen molar-refractivity contribution in [2.45, 2.75) is 9.79 Å². The first-order valence-corrected chi connectivity index (χ1v) is 10.9. The highest BCUT2D eigenvalue weighted by Crippen LogP contribution is 2.24. The first-order chi connectivity index (χ1) is 12.8. The minimum atomic E-state index is -4.09. The molecule has 1 amide bonds. The van der Waals surface area contributed by atoms with Crippen LogP contribution in [0.4, 0.5) is 8.78 Å². The summed E-state index contributed by atoms with van der Waals surface area (Å²) in [6, 6.07) is 9.61. The molecule has 0 unspecified atom stereocenters. The van der Waals surface area contributed by atoms with E-state index in [1.807, 2.05) is 18.4 Å². The van der Waals surface area contributed by atoms with E-state index >= 15 is 0 Å². The summed E-state index contributed by atoms with van der Waals surface area (Å²) in [5, 5.41) is 0. The minimum absolute atomic E-state index is 0.0479. The first kappa shape index (κ1) is 19.8. The highest BCUT2D eigenvalue weighted by molar-refractivity contribution is 7.98. The fourth-order valence-corrected chi connectivity index (χ4v) is 5.00. The molecule has 1 aliphatic rings. The van der Waals surface area contributed by atoms with Crippen LogP contribution in [0.2, 0.25) is 0 Å². The number of benzene rings is 2. The fraction of sp³-hybridized carbons (Fsp3) is 0.278. The van der Waals surface area contributed by atoms with Gasteiger partial charge >= 0.3 is 0 Å². The molecule has 1 aliphatic heterocycles. The van der Waals surface area contributed by atoms with Gasteiger partial charge in [0.15, 0.2) is 0 Å². The molecule has 9 heteroatoms. The van der Waals surface area contributed by atoms with Gasteiger partial charge in [-0.3, -0.25) is 4.79 Å². The lowest BCUT2D eigenvalue weighted by Gasteiger charge is -2.34. The molecule has 5 nitrogen and oxygen atoms in total. The van der Waals surface area contributed by atoms with E-state index in [9.17, 15) is 22.0 Å². The molecule has 0 bridgehead atoms. The summed E-state index contributed by atoms with van der Waals surface area (Å²) >= 11 is 1.47. The lowest BCUT2D eigenvalue weighted by Crippen LogP contribution is -2.50. The highest BCUT2D eigenvalue weighted by atomic mass is 32.2. The van der Waals surface area contributed by atoms with Crippen LogP contribution in [0.25, 0.3) is 0 Å². The van der Waals surface area contributed by atoms with Crippen molar-refractivity contribution in [2.24, 2.45) is 0 Å². The number of carbonyl (C=O) groups excluding carboxylic acids is 1. The Hall–Kier alpha value is -1.97. The molecule has 0 aromatic heterocycles. The number of halogens is 2. The van der Waals surface area contributed by atoms with Gasteiger partial charge in [-0.2, -0.15) is 4.31 Å². The Morgan fingerprint density at radius 3 is 2.33 bits per heavy atom. The van der Waals surface area contributed by atoms with E-state index in [4.69, 9.17) is 0 Å². The number of hydrogen-bond acceptors (Lipinski definition) is 4. The third kappa shape index (κ3) is 3.99. The molecule has 2 aromatic rings. The van der Waals surface area contributed by atoms with Gasteiger partial charge in [-0.1, -0.05) is 12.1 Å². The molecule has 0 N–H and O–H groups in total. The number of rotatable bonds is 4. The van der Waals surface area contributed by atoms with Gasteiger partial charge in [-0.25, -0.2) is 17.2 Å². The maximum absolute atomic E-state index is 13.9. The van der Waals surface area contributed by atoms with Crippen LogP contribution in [-0.4, -0.2) is 56.0 Å². The second-order valence-electron chi connectivity index (χ2n) is 5.97. The molecule has 1 saturated heterocycles. The zero-order valence-electron chi connectivity index (χ0n) is 14.6. The number of thioether (sulfide) groups is 1. The monoisotopic (exact) mass is 412 g/mol. The van der Waals surface area contributed by atoms with Crippen LogP contribution in [0.15, 0.2) is 52.3 Å². The number of nitrogens with zero attached hydrogens (tertiary/aromatic N) is 2. The minimum Gasteiger partial charge on any atom is -0.336 e. The molecule has 0 spiro atoms. The molecular formula is C18H18F2N2O3S2. The number of sulfonamides is 1. The Kier molecular flexibility index (Phi) is 5.83. The molecule has 0 atom stereocenters. The van der Waals surface area contributed by atoms with Crippen molar-refractivity contribution in [3.8, 4) is 0 Å². The molecule has 27 heavy (non-hydrogen) atoms. The van der Waals surface area contributed by atoms with Crippen LogP contribution in [0.5, 0.6) is 0 Å². The van der Waals surface area contributed by atoms with Crippen molar-refractivity contribution in [3.05, 3.63) is 59.7 Å². The van der Waals surface area contributed by atoms with E-state index < -0.39 is 26.6 Å². The zero-order chi connectivity index (χ0) is 19.6. The maximum Gasteiger partial charge on any atom is 0.255 e. The maximum atomic E-state index is 13.9. The van der Waals surface area contributed by atoms with Gasteiger partial charge in [0.05, 0.1) is 5.56 Å². The number of amides is 1. The van der Waals surface area contributed by atoms with Crippen LogP contribution < -0.4 is 0 Å². The largest absolute Gasteiger partial charge is 0.336 e. The first-order valence-electron chi connectivity index (χ1n) is 8.22. The average molecular weight is 412 g/mol. The summed E-state index contributed by atoms with van der Waals surface area (Å²) in [5.41, 5.74) is 0.575. The summed E-state index contributed by atoms with van der Waals surface area (Å²) < 4.78 is 53.3. The molecule has 144 valence electrons. The molecule has 1 fully saturated rings. The summed E-state index contributed by atoms with van der Waals surface area (Å²) in [6.07, 6.45) is 1.88. The second-order valence-corrected chi connectivity index (χ2v) is 8.73. The van der Waals surface area contributed by atoms with Crippen LogP contribution in [0.1, 0.15) is 10.4 Å². The van der Waals surface area contributed by atoms with Gasteiger partial charge < -0.3 is 4.90 Å². The van der Waals surface area contributed by atoms with Crippen LogP contribution in [0.3, 0.4) is 0 Å². The normalized spacial score (nSPS) is 15.7. The van der Waals surface area contributed by atoms with Crippen molar-refractivity contribution >= 4 is 27.7 Å². The molecule has 3 rings (SSSR count). The molecule has 0 radical (unpaired) electrons. The summed E-state index contributed by atoms with van der Waals surface area (Å²) in [6.45, 7) is 0.492. The fourth-order valence-electron chi connectivity index (χ4n) is 2.95. The zero-order valence-corrected chi connectivity index (χ0v) is 16.2. The Bertz CT molecular complexity index is 959. The lowest BCUT2D eigenvalue weighted by molar-refractivity contribution is 0.0694. The van der Waals surface area contributed by atoms with E-state index in [-0.39, 0.29) is 32.1 Å². The summed E-state index contributed by atoms with van der Waals surface area (Å²) in [7, 11) is -4.09. The molecule has 1 heterocycles. The van der Waals surface area contributed by atoms with Crippen LogP contribution >= 0.6 is 11.8 Å². The molecule has 0 aliphatic carbocycles. The molecule has 0 saturated carbocycles. The SMILES string of the molecule is CSc1ccccc1C(=O)N1CCN(S(=O)(=O)c2ccc(F)cc2F)CC1. The second kappa shape index (κ2) is 7.95. The van der Waals surface area contributed by atoms with Crippen molar-refractivity contribution in [1.82, 2.24) is 9.21 Å². The van der Waals surface area contributed by atoms with Gasteiger partial charge in [0, 0.05) is 37.1 Å². The third-order valence-corrected chi connectivity index (χ3v) is 7.10. The highest BCUT2D eigenvalue weighted by Gasteiger charge is 2.32. The quantitative estimate of drug-likeness (QED) is 0.725. The van der Waals surface area contributed by atoms with Crippen LogP contribution in [0, 0.1) is 11.6 Å². The number of carbonyl (C=O) groups is 1. The Morgan fingerprint density at radius 2 is 1.70 bits per heavy atom. The smallest absolute Gasteiger partial charge is 0.255 e. The van der Waals surface area contributed by atoms with Gasteiger partial charge in [0.1, 0.15) is 16.5 Å². The van der Waals surface area contributed by atoms with Gasteiger partial charge in [0.2, 0.25) is 10.0 Å². The average Bonchev–Trinajstić information content (AvgIpc) is 2.67. The summed E-state index contributed by atoms with van der Waals surface area (Å²) in [4.78, 5) is 14.6. The van der Waals surface area contributed by atoms with Gasteiger partial charge in [-0.05, 0) is 30.5 Å². The molecular weight excluding hydrogens is 394 g/mol. The summed E-state index contributed by atoms with van der Waals surface area (Å²) in [5.74, 6) is -2.12. The van der Waals surface area contributed by atoms with Crippen molar-refractivity contribution < 1.29 is 22.0 Å². The topological polar surface area (TPSA) is 57.7 Å². The van der Waals surface area contributed by atoms with Crippen molar-refractivity contribution in [3.63, 3.8) is 0 Å². The van der Waals surface area contributed by atoms with Crippen molar-refractivity contribution in [2.75, 3.05) is 32.4 Å². The van der Waals surface area contributed by atoms with E-state index in [0.29, 0.717) is 11.6 Å². The van der Waals surface area contributed by atoms with E-state index in [1.54, 1.807) is 17.0 Å². The predicted octanol–water partition coefficient (Wildman–Crippen LogP) is 2.83. The number of piperazine rings is 1. The van der Waals surface area contributed by atoms with E-state index in [2.05, 4.69) is 0 Å². The third-order valence-electron chi connectivity index (χ3n) is 4.37.